The third-order valence-electron chi connectivity index (χ3n) is 2.53. The van der Waals surface area contributed by atoms with Crippen molar-refractivity contribution < 1.29 is 9.59 Å². The van der Waals surface area contributed by atoms with Crippen molar-refractivity contribution >= 4 is 46.8 Å². The van der Waals surface area contributed by atoms with Gasteiger partial charge in [0.2, 0.25) is 11.8 Å². The summed E-state index contributed by atoms with van der Waals surface area (Å²) in [6, 6.07) is 5.06. The quantitative estimate of drug-likeness (QED) is 0.662. The zero-order valence-corrected chi connectivity index (χ0v) is 12.2. The van der Waals surface area contributed by atoms with Gasteiger partial charge in [0.1, 0.15) is 0 Å². The van der Waals surface area contributed by atoms with Gasteiger partial charge < -0.3 is 0 Å². The number of hydrogen-bond donors (Lipinski definition) is 2. The Labute approximate surface area is 125 Å². The minimum Gasteiger partial charge on any atom is -0.273 e. The number of thioether (sulfide) groups is 1. The lowest BCUT2D eigenvalue weighted by molar-refractivity contribution is -0.128. The van der Waals surface area contributed by atoms with Gasteiger partial charge >= 0.3 is 0 Å². The van der Waals surface area contributed by atoms with Crippen molar-refractivity contribution in [2.75, 3.05) is 5.75 Å². The number of benzene rings is 1. The third-order valence-corrected chi connectivity index (χ3v) is 4.26. The van der Waals surface area contributed by atoms with Crippen LogP contribution in [0.25, 0.3) is 0 Å². The molecule has 1 aromatic rings. The number of amides is 2. The number of hydrogen-bond acceptors (Lipinski definition) is 3. The molecule has 0 radical (unpaired) electrons. The van der Waals surface area contributed by atoms with Crippen molar-refractivity contribution in [3.8, 4) is 0 Å². The van der Waals surface area contributed by atoms with Crippen LogP contribution in [0, 0.1) is 5.92 Å². The van der Waals surface area contributed by atoms with Gasteiger partial charge in [-0.05, 0) is 31.0 Å². The van der Waals surface area contributed by atoms with Crippen molar-refractivity contribution in [1.29, 1.82) is 0 Å². The van der Waals surface area contributed by atoms with Crippen molar-refractivity contribution in [2.24, 2.45) is 5.92 Å². The number of rotatable bonds is 4. The van der Waals surface area contributed by atoms with E-state index in [0.29, 0.717) is 10.0 Å². The molecule has 1 saturated carbocycles. The van der Waals surface area contributed by atoms with Crippen LogP contribution < -0.4 is 10.9 Å². The second-order valence-electron chi connectivity index (χ2n) is 4.18. The van der Waals surface area contributed by atoms with Gasteiger partial charge in [-0.2, -0.15) is 0 Å². The first-order valence-electron chi connectivity index (χ1n) is 5.73. The minimum atomic E-state index is -0.282. The van der Waals surface area contributed by atoms with Crippen LogP contribution in [0.1, 0.15) is 12.8 Å². The Balaban J connectivity index is 1.76. The minimum absolute atomic E-state index is 0.0651. The molecule has 0 aromatic heterocycles. The summed E-state index contributed by atoms with van der Waals surface area (Å²) in [5.41, 5.74) is 4.77. The molecule has 0 atom stereocenters. The fraction of sp³-hybridized carbons (Fsp3) is 0.333. The van der Waals surface area contributed by atoms with Crippen LogP contribution in [0.5, 0.6) is 0 Å². The second kappa shape index (κ2) is 6.50. The summed E-state index contributed by atoms with van der Waals surface area (Å²) in [5, 5.41) is 1.11. The number of hydrazine groups is 1. The maximum Gasteiger partial charge on any atom is 0.248 e. The van der Waals surface area contributed by atoms with Crippen LogP contribution in [0.2, 0.25) is 10.0 Å². The molecular weight excluding hydrogens is 307 g/mol. The predicted molar refractivity (Wildman–Crippen MR) is 76.2 cm³/mol. The van der Waals surface area contributed by atoms with Crippen LogP contribution in [0.4, 0.5) is 0 Å². The first kappa shape index (κ1) is 14.5. The maximum absolute atomic E-state index is 11.5. The van der Waals surface area contributed by atoms with Crippen LogP contribution >= 0.6 is 35.0 Å². The Morgan fingerprint density at radius 3 is 2.68 bits per heavy atom. The van der Waals surface area contributed by atoms with Crippen LogP contribution in [-0.2, 0) is 9.59 Å². The fourth-order valence-corrected chi connectivity index (χ4v) is 2.64. The van der Waals surface area contributed by atoms with Crippen LogP contribution in [0.15, 0.2) is 23.1 Å². The zero-order valence-electron chi connectivity index (χ0n) is 9.91. The lowest BCUT2D eigenvalue weighted by Gasteiger charge is -2.07. The highest BCUT2D eigenvalue weighted by Gasteiger charge is 2.29. The topological polar surface area (TPSA) is 58.2 Å². The molecule has 0 spiro atoms. The van der Waals surface area contributed by atoms with Crippen molar-refractivity contribution in [3.05, 3.63) is 28.2 Å². The molecule has 0 aliphatic heterocycles. The smallest absolute Gasteiger partial charge is 0.248 e. The van der Waals surface area contributed by atoms with E-state index in [4.69, 9.17) is 23.2 Å². The number of halogens is 2. The third kappa shape index (κ3) is 4.60. The first-order valence-corrected chi connectivity index (χ1v) is 7.47. The highest BCUT2D eigenvalue weighted by molar-refractivity contribution is 8.00. The molecule has 0 unspecified atom stereocenters. The summed E-state index contributed by atoms with van der Waals surface area (Å²) in [4.78, 5) is 23.6. The maximum atomic E-state index is 11.5. The zero-order chi connectivity index (χ0) is 13.8. The van der Waals surface area contributed by atoms with Gasteiger partial charge in [0, 0.05) is 15.8 Å². The molecule has 7 heteroatoms. The molecule has 0 saturated heterocycles. The van der Waals surface area contributed by atoms with Crippen LogP contribution in [-0.4, -0.2) is 17.6 Å². The Kier molecular flexibility index (Phi) is 4.96. The van der Waals surface area contributed by atoms with Gasteiger partial charge in [-0.25, -0.2) is 0 Å². The number of carbonyl (C=O) groups is 2. The Hall–Kier alpha value is -0.910. The average molecular weight is 319 g/mol. The van der Waals surface area contributed by atoms with E-state index in [0.717, 1.165) is 17.7 Å². The summed E-state index contributed by atoms with van der Waals surface area (Å²) in [5.74, 6) is -0.185. The molecule has 2 rings (SSSR count). The fourth-order valence-electron chi connectivity index (χ4n) is 1.35. The Bertz CT molecular complexity index is 507. The normalized spacial score (nSPS) is 14.0. The van der Waals surface area contributed by atoms with E-state index in [2.05, 4.69) is 10.9 Å². The molecule has 19 heavy (non-hydrogen) atoms. The molecule has 4 nitrogen and oxygen atoms in total. The molecule has 2 amide bonds. The van der Waals surface area contributed by atoms with E-state index in [1.807, 2.05) is 0 Å². The van der Waals surface area contributed by atoms with Gasteiger partial charge in [-0.1, -0.05) is 23.2 Å². The van der Waals surface area contributed by atoms with E-state index >= 15 is 0 Å². The number of carbonyl (C=O) groups excluding carboxylic acids is 2. The Morgan fingerprint density at radius 1 is 1.26 bits per heavy atom. The summed E-state index contributed by atoms with van der Waals surface area (Å²) in [7, 11) is 0. The molecule has 1 aromatic carbocycles. The Morgan fingerprint density at radius 2 is 2.00 bits per heavy atom. The van der Waals surface area contributed by atoms with E-state index in [-0.39, 0.29) is 23.5 Å². The van der Waals surface area contributed by atoms with Gasteiger partial charge in [0.25, 0.3) is 0 Å². The second-order valence-corrected chi connectivity index (χ2v) is 6.04. The van der Waals surface area contributed by atoms with Crippen molar-refractivity contribution in [3.63, 3.8) is 0 Å². The monoisotopic (exact) mass is 318 g/mol. The van der Waals surface area contributed by atoms with E-state index in [1.54, 1.807) is 18.2 Å². The lowest BCUT2D eigenvalue weighted by atomic mass is 10.4. The van der Waals surface area contributed by atoms with Crippen molar-refractivity contribution in [2.45, 2.75) is 17.7 Å². The summed E-state index contributed by atoms with van der Waals surface area (Å²) in [6.45, 7) is 0. The molecule has 0 bridgehead atoms. The highest BCUT2D eigenvalue weighted by Crippen LogP contribution is 2.30. The molecule has 1 fully saturated rings. The molecule has 102 valence electrons. The van der Waals surface area contributed by atoms with Gasteiger partial charge in [-0.3, -0.25) is 20.4 Å². The van der Waals surface area contributed by atoms with E-state index in [1.165, 1.54) is 11.8 Å². The van der Waals surface area contributed by atoms with Crippen LogP contribution in [0.3, 0.4) is 0 Å². The number of nitrogens with one attached hydrogen (secondary N) is 2. The molecule has 2 N–H and O–H groups in total. The molecule has 0 heterocycles. The highest BCUT2D eigenvalue weighted by atomic mass is 35.5. The summed E-state index contributed by atoms with van der Waals surface area (Å²) in [6.07, 6.45) is 1.79. The molecule has 1 aliphatic rings. The summed E-state index contributed by atoms with van der Waals surface area (Å²) >= 11 is 13.1. The van der Waals surface area contributed by atoms with Gasteiger partial charge in [-0.15, -0.1) is 11.8 Å². The lowest BCUT2D eigenvalue weighted by Crippen LogP contribution is -2.43. The van der Waals surface area contributed by atoms with Gasteiger partial charge in [0.15, 0.2) is 0 Å². The standard InChI is InChI=1S/C12H12Cl2N2O2S/c13-8-3-4-9(14)10(5-8)19-6-11(17)15-16-12(18)7-1-2-7/h3-5,7H,1-2,6H2,(H,15,17)(H,16,18). The van der Waals surface area contributed by atoms with Gasteiger partial charge in [0.05, 0.1) is 10.8 Å². The SMILES string of the molecule is O=C(CSc1cc(Cl)ccc1Cl)NNC(=O)C1CC1. The predicted octanol–water partition coefficient (Wildman–Crippen LogP) is 2.64. The van der Waals surface area contributed by atoms with E-state index in [9.17, 15) is 9.59 Å². The average Bonchev–Trinajstić information content (AvgIpc) is 3.21. The first-order chi connectivity index (χ1) is 9.06. The molecular formula is C12H12Cl2N2O2S. The van der Waals surface area contributed by atoms with Crippen molar-refractivity contribution in [1.82, 2.24) is 10.9 Å². The van der Waals surface area contributed by atoms with E-state index < -0.39 is 0 Å². The largest absolute Gasteiger partial charge is 0.273 e. The summed E-state index contributed by atoms with van der Waals surface area (Å²) < 4.78 is 0. The molecule has 1 aliphatic carbocycles.